The smallest absolute Gasteiger partial charge is 0.388 e. The summed E-state index contributed by atoms with van der Waals surface area (Å²) in [7, 11) is 0. The van der Waals surface area contributed by atoms with Gasteiger partial charge in [-0.1, -0.05) is 26.3 Å². The molecule has 9 heteroatoms. The van der Waals surface area contributed by atoms with Crippen molar-refractivity contribution in [1.29, 1.82) is 5.26 Å². The van der Waals surface area contributed by atoms with Crippen LogP contribution < -0.4 is 0 Å². The number of nitrogens with zero attached hydrogens (tertiary/aromatic N) is 2. The maximum atomic E-state index is 13.5. The van der Waals surface area contributed by atoms with Gasteiger partial charge in [-0.3, -0.25) is 4.98 Å². The minimum Gasteiger partial charge on any atom is -0.388 e. The highest BCUT2D eigenvalue weighted by atomic mass is 19.4. The van der Waals surface area contributed by atoms with Crippen LogP contribution in [0, 0.1) is 16.7 Å². The molecule has 3 heterocycles. The van der Waals surface area contributed by atoms with Crippen LogP contribution in [0.5, 0.6) is 0 Å². The van der Waals surface area contributed by atoms with Gasteiger partial charge in [-0.2, -0.15) is 18.4 Å². The Balaban J connectivity index is 1.60. The van der Waals surface area contributed by atoms with Gasteiger partial charge in [-0.25, -0.2) is 0 Å². The van der Waals surface area contributed by atoms with Gasteiger partial charge >= 0.3 is 6.18 Å². The fraction of sp³-hybridized carbons (Fsp3) is 0.586. The molecule has 2 aromatic rings. The molecule has 38 heavy (non-hydrogen) atoms. The Hall–Kier alpha value is -2.51. The van der Waals surface area contributed by atoms with Crippen LogP contribution in [0.4, 0.5) is 13.2 Å². The summed E-state index contributed by atoms with van der Waals surface area (Å²) in [6.07, 6.45) is -2.94. The molecule has 0 bridgehead atoms. The molecule has 4 aliphatic rings. The van der Waals surface area contributed by atoms with Crippen LogP contribution in [0.2, 0.25) is 0 Å². The Labute approximate surface area is 219 Å². The number of halogens is 3. The standard InChI is InChI=1S/C29H31F3N2O4/c1-15(2)23-21-22(20-19(35)13-27(6-3-7-27)26(36)24(20)34-23)28(8-10-37-11-9-28)38-25(21)16-4-5-18(29(30,31)32)17(12-16)14-33/h4-5,12,15,19,25-26,35-36H,3,6-11,13H2,1-2H3/t19?,25-,26+/m1/s1. The molecule has 1 saturated heterocycles. The third kappa shape index (κ3) is 3.64. The van der Waals surface area contributed by atoms with E-state index >= 15 is 0 Å². The van der Waals surface area contributed by atoms with Gasteiger partial charge in [0, 0.05) is 48.3 Å². The predicted molar refractivity (Wildman–Crippen MR) is 130 cm³/mol. The third-order valence-corrected chi connectivity index (χ3v) is 9.13. The van der Waals surface area contributed by atoms with Gasteiger partial charge in [0.05, 0.1) is 34.6 Å². The second-order valence-corrected chi connectivity index (χ2v) is 11.6. The van der Waals surface area contributed by atoms with Crippen molar-refractivity contribution in [3.05, 3.63) is 63.0 Å². The number of ether oxygens (including phenoxy) is 2. The van der Waals surface area contributed by atoms with E-state index in [0.29, 0.717) is 55.0 Å². The monoisotopic (exact) mass is 528 g/mol. The highest BCUT2D eigenvalue weighted by Gasteiger charge is 2.56. The zero-order valence-electron chi connectivity index (χ0n) is 21.4. The van der Waals surface area contributed by atoms with E-state index in [4.69, 9.17) is 14.5 Å². The summed E-state index contributed by atoms with van der Waals surface area (Å²) in [5.41, 5.74) is 1.12. The summed E-state index contributed by atoms with van der Waals surface area (Å²) >= 11 is 0. The van der Waals surface area contributed by atoms with Crippen molar-refractivity contribution in [2.45, 2.75) is 88.4 Å². The molecule has 2 spiro atoms. The SMILES string of the molecule is CC(C)c1nc2c(c3c1[C@@H](c1ccc(C(F)(F)F)c(C#N)c1)OC31CCOCC1)C(O)CC1(CCC1)[C@H]2O. The number of benzene rings is 1. The number of pyridine rings is 1. The van der Waals surface area contributed by atoms with Crippen LogP contribution in [0.1, 0.15) is 121 Å². The van der Waals surface area contributed by atoms with Crippen molar-refractivity contribution in [1.82, 2.24) is 4.98 Å². The van der Waals surface area contributed by atoms with Gasteiger partial charge in [0.15, 0.2) is 0 Å². The highest BCUT2D eigenvalue weighted by Crippen LogP contribution is 2.63. The summed E-state index contributed by atoms with van der Waals surface area (Å²) in [6.45, 7) is 4.83. The van der Waals surface area contributed by atoms with Gasteiger partial charge in [0.25, 0.3) is 0 Å². The first-order valence-corrected chi connectivity index (χ1v) is 13.3. The second kappa shape index (κ2) is 8.75. The lowest BCUT2D eigenvalue weighted by Crippen LogP contribution is -2.43. The van der Waals surface area contributed by atoms with E-state index in [1.54, 1.807) is 6.07 Å². The number of aliphatic hydroxyl groups is 2. The molecule has 2 fully saturated rings. The molecule has 6 rings (SSSR count). The number of fused-ring (bicyclic) bond motifs is 4. The maximum Gasteiger partial charge on any atom is 0.417 e. The third-order valence-electron chi connectivity index (χ3n) is 9.13. The predicted octanol–water partition coefficient (Wildman–Crippen LogP) is 5.86. The quantitative estimate of drug-likeness (QED) is 0.507. The number of hydrogen-bond acceptors (Lipinski definition) is 6. The topological polar surface area (TPSA) is 95.6 Å². The number of aromatic nitrogens is 1. The Morgan fingerprint density at radius 3 is 2.39 bits per heavy atom. The first kappa shape index (κ1) is 25.8. The van der Waals surface area contributed by atoms with Crippen LogP contribution in [0.3, 0.4) is 0 Å². The zero-order chi connectivity index (χ0) is 27.0. The van der Waals surface area contributed by atoms with E-state index in [-0.39, 0.29) is 11.3 Å². The van der Waals surface area contributed by atoms with Gasteiger partial charge in [0.2, 0.25) is 0 Å². The van der Waals surface area contributed by atoms with E-state index in [1.807, 2.05) is 13.8 Å². The first-order chi connectivity index (χ1) is 18.0. The molecule has 1 saturated carbocycles. The van der Waals surface area contributed by atoms with Gasteiger partial charge < -0.3 is 19.7 Å². The summed E-state index contributed by atoms with van der Waals surface area (Å²) in [5, 5.41) is 32.6. The van der Waals surface area contributed by atoms with E-state index in [9.17, 15) is 28.6 Å². The Kier molecular flexibility index (Phi) is 5.93. The molecule has 2 aliphatic heterocycles. The Morgan fingerprint density at radius 2 is 1.82 bits per heavy atom. The van der Waals surface area contributed by atoms with Crippen molar-refractivity contribution in [3.63, 3.8) is 0 Å². The van der Waals surface area contributed by atoms with Gasteiger partial charge in [-0.15, -0.1) is 0 Å². The molecule has 2 N–H and O–H groups in total. The number of hydrogen-bond donors (Lipinski definition) is 2. The summed E-state index contributed by atoms with van der Waals surface area (Å²) in [5.74, 6) is -0.0800. The largest absolute Gasteiger partial charge is 0.417 e. The van der Waals surface area contributed by atoms with E-state index in [1.165, 1.54) is 12.1 Å². The van der Waals surface area contributed by atoms with E-state index < -0.39 is 41.2 Å². The number of nitriles is 1. The normalized spacial score (nSPS) is 27.2. The van der Waals surface area contributed by atoms with Crippen molar-refractivity contribution < 1.29 is 32.9 Å². The summed E-state index contributed by atoms with van der Waals surface area (Å²) < 4.78 is 53.1. The fourth-order valence-electron chi connectivity index (χ4n) is 7.10. The van der Waals surface area contributed by atoms with Crippen LogP contribution in [0.15, 0.2) is 18.2 Å². The Morgan fingerprint density at radius 1 is 1.11 bits per heavy atom. The van der Waals surface area contributed by atoms with Crippen LogP contribution in [-0.4, -0.2) is 28.4 Å². The van der Waals surface area contributed by atoms with Crippen molar-refractivity contribution in [3.8, 4) is 6.07 Å². The molecule has 2 aliphatic carbocycles. The van der Waals surface area contributed by atoms with Crippen LogP contribution >= 0.6 is 0 Å². The number of rotatable bonds is 2. The minimum absolute atomic E-state index is 0.0800. The van der Waals surface area contributed by atoms with Crippen LogP contribution in [-0.2, 0) is 21.3 Å². The van der Waals surface area contributed by atoms with Gasteiger partial charge in [0.1, 0.15) is 12.2 Å². The van der Waals surface area contributed by atoms with E-state index in [2.05, 4.69) is 0 Å². The number of alkyl halides is 3. The zero-order valence-corrected chi connectivity index (χ0v) is 21.4. The lowest BCUT2D eigenvalue weighted by atomic mass is 9.57. The maximum absolute atomic E-state index is 13.5. The van der Waals surface area contributed by atoms with Gasteiger partial charge in [-0.05, 0) is 48.4 Å². The van der Waals surface area contributed by atoms with Crippen molar-refractivity contribution in [2.75, 3.05) is 13.2 Å². The molecule has 3 atom stereocenters. The lowest BCUT2D eigenvalue weighted by molar-refractivity contribution is -0.138. The second-order valence-electron chi connectivity index (χ2n) is 11.6. The summed E-state index contributed by atoms with van der Waals surface area (Å²) in [6, 6.07) is 5.26. The molecular formula is C29H31F3N2O4. The molecule has 6 nitrogen and oxygen atoms in total. The fourth-order valence-corrected chi connectivity index (χ4v) is 7.10. The van der Waals surface area contributed by atoms with Crippen molar-refractivity contribution in [2.24, 2.45) is 5.41 Å². The average Bonchev–Trinajstić information content (AvgIpc) is 3.17. The molecule has 1 unspecified atom stereocenters. The summed E-state index contributed by atoms with van der Waals surface area (Å²) in [4.78, 5) is 4.98. The van der Waals surface area contributed by atoms with Crippen molar-refractivity contribution >= 4 is 0 Å². The lowest BCUT2D eigenvalue weighted by Gasteiger charge is -2.51. The first-order valence-electron chi connectivity index (χ1n) is 13.3. The van der Waals surface area contributed by atoms with Crippen LogP contribution in [0.25, 0.3) is 0 Å². The minimum atomic E-state index is -4.65. The van der Waals surface area contributed by atoms with E-state index in [0.717, 1.165) is 36.5 Å². The molecule has 1 aromatic carbocycles. The molecule has 0 radical (unpaired) electrons. The molecule has 0 amide bonds. The highest BCUT2D eigenvalue weighted by molar-refractivity contribution is 5.56. The average molecular weight is 529 g/mol. The molecule has 202 valence electrons. The molecular weight excluding hydrogens is 497 g/mol. The Bertz CT molecular complexity index is 1320. The molecule has 1 aromatic heterocycles. The number of aliphatic hydroxyl groups excluding tert-OH is 2.